The zero-order valence-electron chi connectivity index (χ0n) is 20.7. The van der Waals surface area contributed by atoms with E-state index >= 15 is 0 Å². The van der Waals surface area contributed by atoms with Crippen molar-refractivity contribution in [1.82, 2.24) is 15.0 Å². The third kappa shape index (κ3) is 4.50. The van der Waals surface area contributed by atoms with Crippen molar-refractivity contribution in [2.75, 3.05) is 11.1 Å². The molecule has 0 saturated heterocycles. The van der Waals surface area contributed by atoms with Gasteiger partial charge in [0.2, 0.25) is 0 Å². The van der Waals surface area contributed by atoms with E-state index in [9.17, 15) is 4.79 Å². The minimum absolute atomic E-state index is 0.166. The van der Waals surface area contributed by atoms with Crippen molar-refractivity contribution in [1.29, 1.82) is 0 Å². The molecule has 0 unspecified atom stereocenters. The third-order valence-corrected chi connectivity index (χ3v) is 10.8. The lowest BCUT2D eigenvalue weighted by Gasteiger charge is -2.57. The Morgan fingerprint density at radius 2 is 1.84 bits per heavy atom. The summed E-state index contributed by atoms with van der Waals surface area (Å²) in [6.07, 6.45) is 12.0. The van der Waals surface area contributed by atoms with Crippen LogP contribution in [0.5, 0.6) is 0 Å². The smallest absolute Gasteiger partial charge is 0.265 e. The molecule has 4 aliphatic carbocycles. The Kier molecular flexibility index (Phi) is 5.70. The lowest BCUT2D eigenvalue weighted by atomic mass is 9.49. The molecule has 4 aliphatic rings. The number of hydrogen-bond donors (Lipinski definition) is 2. The van der Waals surface area contributed by atoms with Crippen LogP contribution in [0.1, 0.15) is 54.6 Å². The van der Waals surface area contributed by atoms with Gasteiger partial charge in [-0.15, -0.1) is 27.8 Å². The number of nitrogens with one attached hydrogen (secondary N) is 1. The number of nitrogens with zero attached hydrogens (tertiary/aromatic N) is 3. The van der Waals surface area contributed by atoms with Crippen LogP contribution in [0.4, 0.5) is 11.4 Å². The van der Waals surface area contributed by atoms with Crippen LogP contribution < -0.4 is 11.1 Å². The van der Waals surface area contributed by atoms with Crippen LogP contribution in [0.2, 0.25) is 0 Å². The maximum atomic E-state index is 13.0. The Balaban J connectivity index is 1.01. The van der Waals surface area contributed by atoms with Crippen LogP contribution >= 0.6 is 22.7 Å². The van der Waals surface area contributed by atoms with Gasteiger partial charge in [0.15, 0.2) is 0 Å². The number of thiophene rings is 2. The molecule has 4 aromatic rings. The average Bonchev–Trinajstić information content (AvgIpc) is 3.65. The van der Waals surface area contributed by atoms with Crippen molar-refractivity contribution < 1.29 is 4.79 Å². The summed E-state index contributed by atoms with van der Waals surface area (Å²) in [6.45, 7) is 0.928. The number of carbonyl (C=O) groups excluding carboxylic acids is 1. The SMILES string of the molecule is Nc1ccc(-c2cccs2)cc1NC(=O)c1ccc(-c2cn(CCC34CC5CC(CC(C5)C3)C4)nn2)s1. The van der Waals surface area contributed by atoms with E-state index in [0.717, 1.165) is 45.3 Å². The average molecular weight is 530 g/mol. The molecule has 1 amide bonds. The highest BCUT2D eigenvalue weighted by atomic mass is 32.1. The van der Waals surface area contributed by atoms with Gasteiger partial charge in [-0.1, -0.05) is 17.3 Å². The van der Waals surface area contributed by atoms with Gasteiger partial charge in [-0.05, 0) is 109 Å². The first kappa shape index (κ1) is 23.2. The zero-order valence-corrected chi connectivity index (χ0v) is 22.4. The van der Waals surface area contributed by atoms with Crippen LogP contribution in [-0.4, -0.2) is 20.9 Å². The Labute approximate surface area is 224 Å². The molecular weight excluding hydrogens is 498 g/mol. The molecule has 3 heterocycles. The molecule has 8 rings (SSSR count). The van der Waals surface area contributed by atoms with Gasteiger partial charge in [0.05, 0.1) is 27.3 Å². The van der Waals surface area contributed by atoms with Crippen molar-refractivity contribution in [2.45, 2.75) is 51.5 Å². The molecule has 4 saturated carbocycles. The molecule has 8 heteroatoms. The van der Waals surface area contributed by atoms with Crippen molar-refractivity contribution in [3.63, 3.8) is 0 Å². The first-order chi connectivity index (χ1) is 18.0. The Bertz CT molecular complexity index is 1400. The van der Waals surface area contributed by atoms with Gasteiger partial charge >= 0.3 is 0 Å². The van der Waals surface area contributed by atoms with Gasteiger partial charge < -0.3 is 11.1 Å². The number of nitrogens with two attached hydrogens (primary N) is 1. The molecule has 37 heavy (non-hydrogen) atoms. The molecule has 0 spiro atoms. The normalized spacial score (nSPS) is 26.0. The summed E-state index contributed by atoms with van der Waals surface area (Å²) < 4.78 is 2.00. The largest absolute Gasteiger partial charge is 0.397 e. The number of benzene rings is 1. The summed E-state index contributed by atoms with van der Waals surface area (Å²) in [5.41, 5.74) is 9.74. The van der Waals surface area contributed by atoms with E-state index in [2.05, 4.69) is 21.7 Å². The standard InChI is InChI=1S/C29H31N5OS2/c30-22-4-3-21(25-2-1-9-36-25)13-23(22)31-28(35)27-6-5-26(37-27)24-17-34(33-32-24)8-7-29-14-18-10-19(15-29)12-20(11-18)16-29/h1-6,9,13,17-20H,7-8,10-12,14-16,30H2,(H,31,35). The number of nitrogen functional groups attached to an aromatic ring is 1. The van der Waals surface area contributed by atoms with Gasteiger partial charge in [0.1, 0.15) is 5.69 Å². The second-order valence-electron chi connectivity index (χ2n) is 11.4. The summed E-state index contributed by atoms with van der Waals surface area (Å²) in [4.78, 5) is 15.7. The second-order valence-corrected chi connectivity index (χ2v) is 13.5. The monoisotopic (exact) mass is 529 g/mol. The van der Waals surface area contributed by atoms with E-state index in [1.165, 1.54) is 56.3 Å². The lowest BCUT2D eigenvalue weighted by molar-refractivity contribution is -0.0596. The minimum Gasteiger partial charge on any atom is -0.397 e. The molecule has 4 fully saturated rings. The van der Waals surface area contributed by atoms with Crippen molar-refractivity contribution in [3.8, 4) is 21.0 Å². The first-order valence-corrected chi connectivity index (χ1v) is 15.0. The zero-order chi connectivity index (χ0) is 25.0. The first-order valence-electron chi connectivity index (χ1n) is 13.3. The fraction of sp³-hybridized carbons (Fsp3) is 0.414. The Hall–Kier alpha value is -2.97. The number of carbonyl (C=O) groups is 1. The van der Waals surface area contributed by atoms with E-state index in [-0.39, 0.29) is 5.91 Å². The summed E-state index contributed by atoms with van der Waals surface area (Å²) in [7, 11) is 0. The quantitative estimate of drug-likeness (QED) is 0.248. The van der Waals surface area contributed by atoms with Crippen LogP contribution in [0.3, 0.4) is 0 Å². The molecule has 6 nitrogen and oxygen atoms in total. The van der Waals surface area contributed by atoms with Crippen molar-refractivity contribution in [3.05, 3.63) is 58.9 Å². The summed E-state index contributed by atoms with van der Waals surface area (Å²) in [6, 6.07) is 13.6. The number of aromatic nitrogens is 3. The van der Waals surface area contributed by atoms with Crippen molar-refractivity contribution in [2.24, 2.45) is 23.2 Å². The van der Waals surface area contributed by atoms with Crippen LogP contribution in [-0.2, 0) is 6.54 Å². The number of amides is 1. The highest BCUT2D eigenvalue weighted by Gasteiger charge is 2.50. The van der Waals surface area contributed by atoms with E-state index in [0.29, 0.717) is 21.7 Å². The van der Waals surface area contributed by atoms with E-state index in [1.54, 1.807) is 11.3 Å². The lowest BCUT2D eigenvalue weighted by Crippen LogP contribution is -2.46. The van der Waals surface area contributed by atoms with Gasteiger partial charge in [0.25, 0.3) is 5.91 Å². The third-order valence-electron chi connectivity index (χ3n) is 8.76. The minimum atomic E-state index is -0.166. The fourth-order valence-electron chi connectivity index (χ4n) is 7.51. The molecule has 3 N–H and O–H groups in total. The number of rotatable bonds is 7. The number of aryl methyl sites for hydroxylation is 1. The molecule has 0 aliphatic heterocycles. The van der Waals surface area contributed by atoms with Gasteiger partial charge in [-0.25, -0.2) is 0 Å². The molecule has 4 bridgehead atoms. The highest BCUT2D eigenvalue weighted by molar-refractivity contribution is 7.17. The van der Waals surface area contributed by atoms with Gasteiger partial charge in [-0.3, -0.25) is 9.48 Å². The summed E-state index contributed by atoms with van der Waals surface area (Å²) >= 11 is 3.09. The molecule has 1 aromatic carbocycles. The van der Waals surface area contributed by atoms with Crippen molar-refractivity contribution >= 4 is 40.0 Å². The van der Waals surface area contributed by atoms with E-state index in [4.69, 9.17) is 5.73 Å². The molecule has 0 atom stereocenters. The summed E-state index contributed by atoms with van der Waals surface area (Å²) in [5.74, 6) is 2.76. The van der Waals surface area contributed by atoms with Crippen LogP contribution in [0, 0.1) is 23.2 Å². The number of hydrogen-bond acceptors (Lipinski definition) is 6. The van der Waals surface area contributed by atoms with E-state index in [1.807, 2.05) is 52.7 Å². The Morgan fingerprint density at radius 3 is 2.57 bits per heavy atom. The second kappa shape index (κ2) is 9.10. The molecule has 3 aromatic heterocycles. The molecule has 190 valence electrons. The molecular formula is C29H31N5OS2. The maximum Gasteiger partial charge on any atom is 0.265 e. The van der Waals surface area contributed by atoms with Gasteiger partial charge in [0, 0.05) is 11.4 Å². The fourth-order valence-corrected chi connectivity index (χ4v) is 9.09. The van der Waals surface area contributed by atoms with Gasteiger partial charge in [-0.2, -0.15) is 0 Å². The number of anilines is 2. The topological polar surface area (TPSA) is 85.8 Å². The summed E-state index contributed by atoms with van der Waals surface area (Å²) in [5, 5.41) is 13.9. The predicted octanol–water partition coefficient (Wildman–Crippen LogP) is 7.18. The molecule has 0 radical (unpaired) electrons. The maximum absolute atomic E-state index is 13.0. The Morgan fingerprint density at radius 1 is 1.05 bits per heavy atom. The van der Waals surface area contributed by atoms with Crippen LogP contribution in [0.25, 0.3) is 21.0 Å². The highest BCUT2D eigenvalue weighted by Crippen LogP contribution is 2.61. The van der Waals surface area contributed by atoms with Crippen LogP contribution in [0.15, 0.2) is 54.0 Å². The predicted molar refractivity (Wildman–Crippen MR) is 151 cm³/mol. The van der Waals surface area contributed by atoms with E-state index < -0.39 is 0 Å².